The molecule has 1 heterocycles. The van der Waals surface area contributed by atoms with Crippen LogP contribution in [-0.4, -0.2) is 35.0 Å². The lowest BCUT2D eigenvalue weighted by Crippen LogP contribution is -2.37. The van der Waals surface area contributed by atoms with Crippen molar-refractivity contribution in [2.75, 3.05) is 13.1 Å². The molecule has 0 radical (unpaired) electrons. The highest BCUT2D eigenvalue weighted by atomic mass is 35.5. The SMILES string of the molecule is O=C(c1ccc(F)cc1Cl)N1C[C@@H]2CCC[C@@]2(C(=O)O)C1. The van der Waals surface area contributed by atoms with Gasteiger partial charge in [-0.1, -0.05) is 18.0 Å². The van der Waals surface area contributed by atoms with E-state index in [2.05, 4.69) is 0 Å². The van der Waals surface area contributed by atoms with Gasteiger partial charge in [0.05, 0.1) is 16.0 Å². The first-order valence-electron chi connectivity index (χ1n) is 6.92. The summed E-state index contributed by atoms with van der Waals surface area (Å²) in [6.07, 6.45) is 2.32. The molecule has 21 heavy (non-hydrogen) atoms. The number of carboxylic acids is 1. The summed E-state index contributed by atoms with van der Waals surface area (Å²) in [5, 5.41) is 9.58. The van der Waals surface area contributed by atoms with Gasteiger partial charge in [0.25, 0.3) is 5.91 Å². The molecule has 6 heteroatoms. The molecule has 1 aliphatic heterocycles. The van der Waals surface area contributed by atoms with E-state index < -0.39 is 17.2 Å². The van der Waals surface area contributed by atoms with Crippen LogP contribution in [0.5, 0.6) is 0 Å². The Hall–Kier alpha value is -1.62. The minimum absolute atomic E-state index is 0.00169. The second-order valence-electron chi connectivity index (χ2n) is 5.86. The Labute approximate surface area is 126 Å². The number of carbonyl (C=O) groups excluding carboxylic acids is 1. The first-order chi connectivity index (χ1) is 9.94. The Morgan fingerprint density at radius 3 is 2.81 bits per heavy atom. The number of rotatable bonds is 2. The maximum absolute atomic E-state index is 13.1. The van der Waals surface area contributed by atoms with E-state index in [0.29, 0.717) is 13.0 Å². The maximum Gasteiger partial charge on any atom is 0.311 e. The van der Waals surface area contributed by atoms with Crippen LogP contribution in [0.25, 0.3) is 0 Å². The summed E-state index contributed by atoms with van der Waals surface area (Å²) >= 11 is 5.92. The molecule has 2 aliphatic rings. The molecule has 1 amide bonds. The van der Waals surface area contributed by atoms with E-state index in [1.807, 2.05) is 0 Å². The van der Waals surface area contributed by atoms with Crippen molar-refractivity contribution >= 4 is 23.5 Å². The number of fused-ring (bicyclic) bond motifs is 1. The lowest BCUT2D eigenvalue weighted by molar-refractivity contribution is -0.149. The van der Waals surface area contributed by atoms with E-state index in [4.69, 9.17) is 11.6 Å². The van der Waals surface area contributed by atoms with Crippen LogP contribution in [0.1, 0.15) is 29.6 Å². The van der Waals surface area contributed by atoms with Crippen LogP contribution in [0.2, 0.25) is 5.02 Å². The number of hydrogen-bond acceptors (Lipinski definition) is 2. The van der Waals surface area contributed by atoms with Crippen LogP contribution in [0.4, 0.5) is 4.39 Å². The molecule has 2 fully saturated rings. The predicted molar refractivity (Wildman–Crippen MR) is 74.7 cm³/mol. The van der Waals surface area contributed by atoms with Crippen LogP contribution in [0.3, 0.4) is 0 Å². The van der Waals surface area contributed by atoms with Gasteiger partial charge in [-0.3, -0.25) is 9.59 Å². The molecule has 1 N–H and O–H groups in total. The number of hydrogen-bond donors (Lipinski definition) is 1. The quantitative estimate of drug-likeness (QED) is 0.913. The molecule has 3 rings (SSSR count). The van der Waals surface area contributed by atoms with Gasteiger partial charge in [-0.15, -0.1) is 0 Å². The van der Waals surface area contributed by atoms with Gasteiger partial charge in [-0.05, 0) is 37.0 Å². The maximum atomic E-state index is 13.1. The Balaban J connectivity index is 1.86. The van der Waals surface area contributed by atoms with Crippen molar-refractivity contribution in [2.24, 2.45) is 11.3 Å². The third-order valence-corrected chi connectivity index (χ3v) is 5.06. The molecular weight excluding hydrogens is 297 g/mol. The van der Waals surface area contributed by atoms with Gasteiger partial charge in [0.2, 0.25) is 0 Å². The molecular formula is C15H15ClFNO3. The summed E-state index contributed by atoms with van der Waals surface area (Å²) in [4.78, 5) is 25.6. The van der Waals surface area contributed by atoms with Crippen molar-refractivity contribution in [3.05, 3.63) is 34.6 Å². The molecule has 1 saturated carbocycles. The summed E-state index contributed by atoms with van der Waals surface area (Å²) in [6, 6.07) is 3.63. The first kappa shape index (κ1) is 14.3. The largest absolute Gasteiger partial charge is 0.481 e. The Kier molecular flexibility index (Phi) is 3.40. The summed E-state index contributed by atoms with van der Waals surface area (Å²) in [6.45, 7) is 0.637. The van der Waals surface area contributed by atoms with E-state index in [-0.39, 0.29) is 29.0 Å². The van der Waals surface area contributed by atoms with Crippen molar-refractivity contribution in [2.45, 2.75) is 19.3 Å². The van der Waals surface area contributed by atoms with Gasteiger partial charge in [-0.25, -0.2) is 4.39 Å². The summed E-state index contributed by atoms with van der Waals surface area (Å²) in [5.74, 6) is -1.66. The fourth-order valence-electron chi connectivity index (χ4n) is 3.63. The monoisotopic (exact) mass is 311 g/mol. The predicted octanol–water partition coefficient (Wildman–Crippen LogP) is 2.81. The van der Waals surface area contributed by atoms with Gasteiger partial charge in [0.1, 0.15) is 5.82 Å². The molecule has 2 atom stereocenters. The van der Waals surface area contributed by atoms with Crippen LogP contribution < -0.4 is 0 Å². The normalized spacial score (nSPS) is 27.7. The number of amides is 1. The zero-order valence-electron chi connectivity index (χ0n) is 11.3. The van der Waals surface area contributed by atoms with E-state index in [9.17, 15) is 19.1 Å². The molecule has 4 nitrogen and oxygen atoms in total. The molecule has 0 aromatic heterocycles. The molecule has 1 saturated heterocycles. The molecule has 0 spiro atoms. The van der Waals surface area contributed by atoms with Crippen molar-refractivity contribution in [1.29, 1.82) is 0 Å². The Morgan fingerprint density at radius 1 is 1.43 bits per heavy atom. The number of aliphatic carboxylic acids is 1. The van der Waals surface area contributed by atoms with E-state index in [1.165, 1.54) is 17.0 Å². The van der Waals surface area contributed by atoms with E-state index in [0.717, 1.165) is 18.9 Å². The summed E-state index contributed by atoms with van der Waals surface area (Å²) in [5.41, 5.74) is -0.596. The van der Waals surface area contributed by atoms with Crippen LogP contribution in [-0.2, 0) is 4.79 Å². The second kappa shape index (κ2) is 4.98. The smallest absolute Gasteiger partial charge is 0.311 e. The number of benzene rings is 1. The minimum atomic E-state index is -0.828. The number of carbonyl (C=O) groups is 2. The van der Waals surface area contributed by atoms with Crippen molar-refractivity contribution in [3.8, 4) is 0 Å². The first-order valence-corrected chi connectivity index (χ1v) is 7.29. The van der Waals surface area contributed by atoms with Crippen LogP contribution in [0.15, 0.2) is 18.2 Å². The van der Waals surface area contributed by atoms with Crippen LogP contribution in [0, 0.1) is 17.2 Å². The van der Waals surface area contributed by atoms with Crippen molar-refractivity contribution in [1.82, 2.24) is 4.90 Å². The van der Waals surface area contributed by atoms with Gasteiger partial charge in [0, 0.05) is 13.1 Å². The number of halogens is 2. The topological polar surface area (TPSA) is 57.6 Å². The lowest BCUT2D eigenvalue weighted by Gasteiger charge is -2.23. The van der Waals surface area contributed by atoms with Gasteiger partial charge in [0.15, 0.2) is 0 Å². The van der Waals surface area contributed by atoms with Gasteiger partial charge < -0.3 is 10.0 Å². The molecule has 112 valence electrons. The lowest BCUT2D eigenvalue weighted by atomic mass is 9.81. The molecule has 0 unspecified atom stereocenters. The average Bonchev–Trinajstić information content (AvgIpc) is 2.95. The van der Waals surface area contributed by atoms with E-state index in [1.54, 1.807) is 0 Å². The minimum Gasteiger partial charge on any atom is -0.481 e. The molecule has 1 aliphatic carbocycles. The van der Waals surface area contributed by atoms with E-state index >= 15 is 0 Å². The zero-order chi connectivity index (χ0) is 15.2. The number of nitrogens with zero attached hydrogens (tertiary/aromatic N) is 1. The third-order valence-electron chi connectivity index (χ3n) is 4.75. The zero-order valence-corrected chi connectivity index (χ0v) is 12.1. The van der Waals surface area contributed by atoms with Gasteiger partial charge >= 0.3 is 5.97 Å². The highest BCUT2D eigenvalue weighted by Gasteiger charge is 2.55. The van der Waals surface area contributed by atoms with Crippen molar-refractivity contribution < 1.29 is 19.1 Å². The fraction of sp³-hybridized carbons (Fsp3) is 0.467. The average molecular weight is 312 g/mol. The summed E-state index contributed by atoms with van der Waals surface area (Å²) in [7, 11) is 0. The molecule has 1 aromatic rings. The number of likely N-dealkylation sites (tertiary alicyclic amines) is 1. The Bertz CT molecular complexity index is 621. The second-order valence-corrected chi connectivity index (χ2v) is 6.27. The summed E-state index contributed by atoms with van der Waals surface area (Å²) < 4.78 is 13.1. The molecule has 0 bridgehead atoms. The van der Waals surface area contributed by atoms with Crippen LogP contribution >= 0.6 is 11.6 Å². The third kappa shape index (κ3) is 2.20. The van der Waals surface area contributed by atoms with Crippen molar-refractivity contribution in [3.63, 3.8) is 0 Å². The van der Waals surface area contributed by atoms with Gasteiger partial charge in [-0.2, -0.15) is 0 Å². The Morgan fingerprint density at radius 2 is 2.19 bits per heavy atom. The number of carboxylic acid groups (broad SMARTS) is 1. The highest BCUT2D eigenvalue weighted by molar-refractivity contribution is 6.33. The molecule has 1 aromatic carbocycles. The fourth-order valence-corrected chi connectivity index (χ4v) is 3.87. The highest BCUT2D eigenvalue weighted by Crippen LogP contribution is 2.49. The standard InChI is InChI=1S/C15H15ClFNO3/c16-12-6-10(17)3-4-11(12)13(19)18-7-9-2-1-5-15(9,8-18)14(20)21/h3-4,6,9H,1-2,5,7-8H2,(H,20,21)/t9-,15+/m0/s1.